The molecule has 7 heteroatoms. The van der Waals surface area contributed by atoms with Crippen molar-refractivity contribution in [2.45, 2.75) is 37.7 Å². The van der Waals surface area contributed by atoms with Crippen LogP contribution < -0.4 is 5.73 Å². The first kappa shape index (κ1) is 12.4. The van der Waals surface area contributed by atoms with Crippen molar-refractivity contribution in [1.29, 1.82) is 0 Å². The van der Waals surface area contributed by atoms with E-state index in [2.05, 4.69) is 0 Å². The highest BCUT2D eigenvalue weighted by Crippen LogP contribution is 2.34. The van der Waals surface area contributed by atoms with Crippen molar-refractivity contribution in [3.63, 3.8) is 0 Å². The van der Waals surface area contributed by atoms with Gasteiger partial charge in [0.15, 0.2) is 4.75 Å². The van der Waals surface area contributed by atoms with Crippen LogP contribution in [-0.4, -0.2) is 47.2 Å². The Balaban J connectivity index is 2.81. The minimum atomic E-state index is -3.59. The summed E-state index contributed by atoms with van der Waals surface area (Å²) in [5.41, 5.74) is 5.49. The van der Waals surface area contributed by atoms with Crippen LogP contribution in [0.15, 0.2) is 0 Å². The van der Waals surface area contributed by atoms with Crippen LogP contribution in [0.4, 0.5) is 0 Å². The summed E-state index contributed by atoms with van der Waals surface area (Å²) in [7, 11) is -3.59. The van der Waals surface area contributed by atoms with Gasteiger partial charge in [0.1, 0.15) is 0 Å². The molecule has 2 atom stereocenters. The molecule has 88 valence electrons. The van der Waals surface area contributed by atoms with Crippen molar-refractivity contribution in [3.8, 4) is 0 Å². The number of aliphatic hydroxyl groups is 1. The molecule has 3 N–H and O–H groups in total. The van der Waals surface area contributed by atoms with Crippen LogP contribution in [0.2, 0.25) is 0 Å². The molecule has 1 aliphatic heterocycles. The molecule has 1 amide bonds. The van der Waals surface area contributed by atoms with Gasteiger partial charge in [-0.3, -0.25) is 4.79 Å². The van der Waals surface area contributed by atoms with Gasteiger partial charge in [0.2, 0.25) is 0 Å². The quantitative estimate of drug-likeness (QED) is 0.630. The molecule has 0 radical (unpaired) electrons. The molecule has 0 spiro atoms. The van der Waals surface area contributed by atoms with Gasteiger partial charge in [-0.25, -0.2) is 12.7 Å². The summed E-state index contributed by atoms with van der Waals surface area (Å²) in [4.78, 5) is 11.5. The summed E-state index contributed by atoms with van der Waals surface area (Å²) in [5.74, 6) is -0.474. The number of carbonyl (C=O) groups is 1. The summed E-state index contributed by atoms with van der Waals surface area (Å²) < 4.78 is 22.6. The van der Waals surface area contributed by atoms with Crippen LogP contribution in [0.1, 0.15) is 20.8 Å². The molecule has 1 heterocycles. The lowest BCUT2D eigenvalue weighted by Gasteiger charge is -2.44. The van der Waals surface area contributed by atoms with Crippen molar-refractivity contribution >= 4 is 15.9 Å². The van der Waals surface area contributed by atoms with Crippen LogP contribution in [0, 0.1) is 0 Å². The fourth-order valence-electron chi connectivity index (χ4n) is 1.28. The van der Waals surface area contributed by atoms with Crippen molar-refractivity contribution in [1.82, 2.24) is 4.31 Å². The zero-order valence-corrected chi connectivity index (χ0v) is 9.78. The van der Waals surface area contributed by atoms with Gasteiger partial charge in [0.25, 0.3) is 15.9 Å². The number of carbonyl (C=O) groups excluding carboxylic acids is 1. The fraction of sp³-hybridized carbons (Fsp3) is 0.875. The SMILES string of the molecule is CC(O)C(N)CN1C(=O)C(C)(C)S1(=O)=O. The molecule has 2 unspecified atom stereocenters. The molecular formula is C8H16N2O4S. The minimum Gasteiger partial charge on any atom is -0.392 e. The third-order valence-electron chi connectivity index (χ3n) is 2.67. The Morgan fingerprint density at radius 1 is 1.53 bits per heavy atom. The smallest absolute Gasteiger partial charge is 0.258 e. The van der Waals surface area contributed by atoms with Crippen molar-refractivity contribution in [3.05, 3.63) is 0 Å². The van der Waals surface area contributed by atoms with Crippen molar-refractivity contribution < 1.29 is 18.3 Å². The lowest BCUT2D eigenvalue weighted by molar-refractivity contribution is -0.132. The fourth-order valence-corrected chi connectivity index (χ4v) is 2.85. The number of nitrogens with zero attached hydrogens (tertiary/aromatic N) is 1. The van der Waals surface area contributed by atoms with Crippen LogP contribution >= 0.6 is 0 Å². The van der Waals surface area contributed by atoms with Gasteiger partial charge in [-0.2, -0.15) is 0 Å². The van der Waals surface area contributed by atoms with Gasteiger partial charge in [-0.15, -0.1) is 0 Å². The Morgan fingerprint density at radius 2 is 2.00 bits per heavy atom. The Bertz CT molecular complexity index is 374. The third kappa shape index (κ3) is 1.64. The average molecular weight is 236 g/mol. The Morgan fingerprint density at radius 3 is 2.33 bits per heavy atom. The van der Waals surface area contributed by atoms with E-state index in [9.17, 15) is 13.2 Å². The molecule has 0 aromatic carbocycles. The predicted octanol–water partition coefficient (Wildman–Crippen LogP) is -1.35. The molecule has 0 saturated carbocycles. The van der Waals surface area contributed by atoms with Gasteiger partial charge in [0, 0.05) is 6.04 Å². The highest BCUT2D eigenvalue weighted by Gasteiger charge is 2.60. The van der Waals surface area contributed by atoms with Gasteiger partial charge in [-0.1, -0.05) is 0 Å². The van der Waals surface area contributed by atoms with E-state index in [0.29, 0.717) is 0 Å². The third-order valence-corrected chi connectivity index (χ3v) is 5.03. The predicted molar refractivity (Wildman–Crippen MR) is 54.4 cm³/mol. The van der Waals surface area contributed by atoms with E-state index in [4.69, 9.17) is 10.8 Å². The molecule has 15 heavy (non-hydrogen) atoms. The monoisotopic (exact) mass is 236 g/mol. The number of aliphatic hydroxyl groups excluding tert-OH is 1. The maximum absolute atomic E-state index is 11.6. The number of sulfonamides is 1. The van der Waals surface area contributed by atoms with E-state index in [1.54, 1.807) is 0 Å². The molecule has 0 aromatic heterocycles. The highest BCUT2D eigenvalue weighted by molar-refractivity contribution is 7.94. The normalized spacial score (nSPS) is 27.0. The maximum Gasteiger partial charge on any atom is 0.258 e. The van der Waals surface area contributed by atoms with Gasteiger partial charge in [0.05, 0.1) is 12.6 Å². The molecule has 0 aromatic rings. The molecular weight excluding hydrogens is 220 g/mol. The largest absolute Gasteiger partial charge is 0.392 e. The van der Waals surface area contributed by atoms with Gasteiger partial charge < -0.3 is 10.8 Å². The van der Waals surface area contributed by atoms with Crippen molar-refractivity contribution in [2.75, 3.05) is 6.54 Å². The topological polar surface area (TPSA) is 101 Å². The van der Waals surface area contributed by atoms with Crippen LogP contribution in [-0.2, 0) is 14.8 Å². The molecule has 1 fully saturated rings. The zero-order chi connectivity index (χ0) is 12.0. The van der Waals surface area contributed by atoms with Crippen molar-refractivity contribution in [2.24, 2.45) is 5.73 Å². The lowest BCUT2D eigenvalue weighted by Crippen LogP contribution is -2.69. The summed E-state index contributed by atoms with van der Waals surface area (Å²) in [6.07, 6.45) is -0.850. The first-order valence-electron chi connectivity index (χ1n) is 4.62. The summed E-state index contributed by atoms with van der Waals surface area (Å²) in [5, 5.41) is 9.12. The Kier molecular flexibility index (Phi) is 2.84. The molecule has 0 bridgehead atoms. The van der Waals surface area contributed by atoms with Gasteiger partial charge in [-0.05, 0) is 20.8 Å². The second kappa shape index (κ2) is 3.43. The van der Waals surface area contributed by atoms with E-state index < -0.39 is 32.8 Å². The van der Waals surface area contributed by atoms with Crippen LogP contribution in [0.25, 0.3) is 0 Å². The number of amides is 1. The average Bonchev–Trinajstić information content (AvgIpc) is 2.11. The van der Waals surface area contributed by atoms with Crippen LogP contribution in [0.3, 0.4) is 0 Å². The van der Waals surface area contributed by atoms with E-state index in [1.165, 1.54) is 20.8 Å². The van der Waals surface area contributed by atoms with Gasteiger partial charge >= 0.3 is 0 Å². The zero-order valence-electron chi connectivity index (χ0n) is 8.97. The minimum absolute atomic E-state index is 0.164. The second-order valence-electron chi connectivity index (χ2n) is 4.26. The molecule has 1 saturated heterocycles. The van der Waals surface area contributed by atoms with E-state index in [-0.39, 0.29) is 6.54 Å². The summed E-state index contributed by atoms with van der Waals surface area (Å²) in [6, 6.07) is -0.750. The highest BCUT2D eigenvalue weighted by atomic mass is 32.2. The number of nitrogens with two attached hydrogens (primary N) is 1. The molecule has 0 aliphatic carbocycles. The molecule has 1 aliphatic rings. The molecule has 1 rings (SSSR count). The Labute approximate surface area is 89.1 Å². The van der Waals surface area contributed by atoms with E-state index in [1.807, 2.05) is 0 Å². The summed E-state index contributed by atoms with van der Waals surface area (Å²) in [6.45, 7) is 4.00. The summed E-state index contributed by atoms with van der Waals surface area (Å²) >= 11 is 0. The number of hydrogen-bond acceptors (Lipinski definition) is 5. The van der Waals surface area contributed by atoms with Crippen LogP contribution in [0.5, 0.6) is 0 Å². The number of hydrogen-bond donors (Lipinski definition) is 2. The maximum atomic E-state index is 11.6. The van der Waals surface area contributed by atoms with E-state index in [0.717, 1.165) is 4.31 Å². The number of rotatable bonds is 3. The standard InChI is InChI=1S/C8H16N2O4S/c1-5(11)6(9)4-10-7(12)8(2,3)15(10,13)14/h5-6,11H,4,9H2,1-3H3. The first-order chi connectivity index (χ1) is 6.62. The Hall–Kier alpha value is -0.660. The second-order valence-corrected chi connectivity index (χ2v) is 6.67. The first-order valence-corrected chi connectivity index (χ1v) is 6.06. The molecule has 6 nitrogen and oxygen atoms in total. The van der Waals surface area contributed by atoms with E-state index >= 15 is 0 Å². The lowest BCUT2D eigenvalue weighted by atomic mass is 10.1.